The van der Waals surface area contributed by atoms with Gasteiger partial charge in [0.15, 0.2) is 0 Å². The number of hydrogen-bond acceptors (Lipinski definition) is 4. The highest BCUT2D eigenvalue weighted by Gasteiger charge is 2.15. The number of unbranched alkanes of at least 4 members (excludes halogenated alkanes) is 1. The van der Waals surface area contributed by atoms with Gasteiger partial charge in [-0.15, -0.1) is 0 Å². The highest BCUT2D eigenvalue weighted by molar-refractivity contribution is 6.00. The van der Waals surface area contributed by atoms with Crippen LogP contribution < -0.4 is 5.56 Å². The van der Waals surface area contributed by atoms with Gasteiger partial charge < -0.3 is 9.30 Å². The summed E-state index contributed by atoms with van der Waals surface area (Å²) >= 11 is 0. The molecule has 0 radical (unpaired) electrons. The Bertz CT molecular complexity index is 1170. The van der Waals surface area contributed by atoms with Gasteiger partial charge in [0.05, 0.1) is 23.8 Å². The predicted octanol–water partition coefficient (Wildman–Crippen LogP) is 4.43. The van der Waals surface area contributed by atoms with E-state index >= 15 is 0 Å². The number of hydrogen-bond donors (Lipinski definition) is 0. The van der Waals surface area contributed by atoms with Gasteiger partial charge in [0.2, 0.25) is 0 Å². The van der Waals surface area contributed by atoms with E-state index in [9.17, 15) is 9.59 Å². The number of fused-ring (bicyclic) bond motifs is 1. The van der Waals surface area contributed by atoms with Crippen molar-refractivity contribution in [3.05, 3.63) is 76.1 Å². The van der Waals surface area contributed by atoms with Gasteiger partial charge in [-0.1, -0.05) is 43.7 Å². The van der Waals surface area contributed by atoms with Gasteiger partial charge in [0.25, 0.3) is 5.56 Å². The number of esters is 1. The van der Waals surface area contributed by atoms with E-state index in [2.05, 4.69) is 6.07 Å². The normalized spacial score (nSPS) is 10.9. The minimum Gasteiger partial charge on any atom is -0.463 e. The third-order valence-corrected chi connectivity index (χ3v) is 4.77. The first-order valence-corrected chi connectivity index (χ1v) is 9.54. The van der Waals surface area contributed by atoms with Crippen molar-refractivity contribution in [2.75, 3.05) is 6.61 Å². The first-order chi connectivity index (χ1) is 14.1. The lowest BCUT2D eigenvalue weighted by Gasteiger charge is -2.14. The van der Waals surface area contributed by atoms with Gasteiger partial charge in [-0.2, -0.15) is 5.26 Å². The summed E-state index contributed by atoms with van der Waals surface area (Å²) in [4.78, 5) is 25.1. The van der Waals surface area contributed by atoms with E-state index in [4.69, 9.17) is 10.00 Å². The number of rotatable bonds is 6. The van der Waals surface area contributed by atoms with E-state index in [-0.39, 0.29) is 5.56 Å². The van der Waals surface area contributed by atoms with Crippen LogP contribution in [0.2, 0.25) is 0 Å². The number of pyridine rings is 1. The average molecular weight is 386 g/mol. The fraction of sp³-hybridized carbons (Fsp3) is 0.208. The number of para-hydroxylation sites is 1. The van der Waals surface area contributed by atoms with Gasteiger partial charge in [-0.3, -0.25) is 4.79 Å². The van der Waals surface area contributed by atoms with E-state index in [1.165, 1.54) is 12.2 Å². The highest BCUT2D eigenvalue weighted by Crippen LogP contribution is 2.31. The second-order valence-corrected chi connectivity index (χ2v) is 6.71. The Balaban J connectivity index is 2.17. The van der Waals surface area contributed by atoms with Crippen LogP contribution in [0.25, 0.3) is 28.1 Å². The standard InChI is InChI=1S/C24H22N2O3/c1-3-4-15-29-22(27)14-13-20-23(18-11-9-17(16-25)10-12-18)19-7-5-6-8-21(19)26(2)24(20)28/h5-14H,3-4,15H2,1-2H3/b14-13+. The Morgan fingerprint density at radius 3 is 2.59 bits per heavy atom. The Hall–Kier alpha value is -3.65. The van der Waals surface area contributed by atoms with E-state index in [0.717, 1.165) is 34.9 Å². The quantitative estimate of drug-likeness (QED) is 0.357. The van der Waals surface area contributed by atoms with Gasteiger partial charge in [-0.25, -0.2) is 4.79 Å². The van der Waals surface area contributed by atoms with E-state index < -0.39 is 5.97 Å². The third kappa shape index (κ3) is 4.27. The maximum Gasteiger partial charge on any atom is 0.330 e. The number of nitrogens with zero attached hydrogens (tertiary/aromatic N) is 2. The molecule has 3 aromatic rings. The Morgan fingerprint density at radius 1 is 1.17 bits per heavy atom. The SMILES string of the molecule is CCCCOC(=O)/C=C/c1c(-c2ccc(C#N)cc2)c2ccccc2n(C)c1=O. The second-order valence-electron chi connectivity index (χ2n) is 6.71. The van der Waals surface area contributed by atoms with Crippen LogP contribution >= 0.6 is 0 Å². The predicted molar refractivity (Wildman–Crippen MR) is 114 cm³/mol. The number of benzene rings is 2. The van der Waals surface area contributed by atoms with E-state index in [1.54, 1.807) is 23.7 Å². The molecule has 0 N–H and O–H groups in total. The first kappa shape index (κ1) is 20.1. The maximum atomic E-state index is 13.1. The van der Waals surface area contributed by atoms with E-state index in [1.807, 2.05) is 43.3 Å². The van der Waals surface area contributed by atoms with Gasteiger partial charge in [0.1, 0.15) is 0 Å². The smallest absolute Gasteiger partial charge is 0.330 e. The highest BCUT2D eigenvalue weighted by atomic mass is 16.5. The monoisotopic (exact) mass is 386 g/mol. The molecule has 5 heteroatoms. The van der Waals surface area contributed by atoms with Crippen molar-refractivity contribution in [1.29, 1.82) is 5.26 Å². The lowest BCUT2D eigenvalue weighted by atomic mass is 9.95. The lowest BCUT2D eigenvalue weighted by Crippen LogP contribution is -2.21. The molecule has 0 fully saturated rings. The molecule has 1 aromatic heterocycles. The zero-order valence-electron chi connectivity index (χ0n) is 16.5. The van der Waals surface area contributed by atoms with Crippen molar-refractivity contribution < 1.29 is 9.53 Å². The van der Waals surface area contributed by atoms with Gasteiger partial charge in [0, 0.05) is 29.6 Å². The molecule has 29 heavy (non-hydrogen) atoms. The van der Waals surface area contributed by atoms with Crippen LogP contribution in [0.3, 0.4) is 0 Å². The molecule has 5 nitrogen and oxygen atoms in total. The molecule has 0 saturated carbocycles. The van der Waals surface area contributed by atoms with Gasteiger partial charge >= 0.3 is 5.97 Å². The number of carbonyl (C=O) groups is 1. The molecule has 0 saturated heterocycles. The molecule has 0 unspecified atom stereocenters. The van der Waals surface area contributed by atoms with Crippen LogP contribution in [-0.4, -0.2) is 17.1 Å². The molecule has 0 aliphatic rings. The molecular weight excluding hydrogens is 364 g/mol. The van der Waals surface area contributed by atoms with E-state index in [0.29, 0.717) is 17.7 Å². The van der Waals surface area contributed by atoms with Crippen LogP contribution in [0.4, 0.5) is 0 Å². The number of aromatic nitrogens is 1. The maximum absolute atomic E-state index is 13.1. The second kappa shape index (κ2) is 9.03. The summed E-state index contributed by atoms with van der Waals surface area (Å²) in [5.41, 5.74) is 3.06. The van der Waals surface area contributed by atoms with Crippen LogP contribution in [0.5, 0.6) is 0 Å². The summed E-state index contributed by atoms with van der Waals surface area (Å²) in [7, 11) is 1.71. The van der Waals surface area contributed by atoms with Crippen LogP contribution in [0.1, 0.15) is 30.9 Å². The van der Waals surface area contributed by atoms with Crippen molar-refractivity contribution >= 4 is 22.9 Å². The summed E-state index contributed by atoms with van der Waals surface area (Å²) in [5, 5.41) is 9.96. The topological polar surface area (TPSA) is 72.1 Å². The summed E-state index contributed by atoms with van der Waals surface area (Å²) in [5.74, 6) is -0.473. The lowest BCUT2D eigenvalue weighted by molar-refractivity contribution is -0.137. The van der Waals surface area contributed by atoms with Gasteiger partial charge in [-0.05, 0) is 36.3 Å². The molecule has 0 amide bonds. The zero-order valence-corrected chi connectivity index (χ0v) is 16.5. The summed E-state index contributed by atoms with van der Waals surface area (Å²) in [6.45, 7) is 2.38. The van der Waals surface area contributed by atoms with Crippen LogP contribution in [0.15, 0.2) is 59.4 Å². The van der Waals surface area contributed by atoms with Crippen molar-refractivity contribution in [3.63, 3.8) is 0 Å². The molecule has 2 aromatic carbocycles. The number of nitriles is 1. The molecular formula is C24H22N2O3. The minimum atomic E-state index is -0.473. The van der Waals surface area contributed by atoms with Crippen LogP contribution in [0, 0.1) is 11.3 Å². The van der Waals surface area contributed by atoms with Crippen molar-refractivity contribution in [2.24, 2.45) is 7.05 Å². The molecule has 0 aliphatic heterocycles. The zero-order chi connectivity index (χ0) is 20.8. The molecule has 0 bridgehead atoms. The molecule has 3 rings (SSSR count). The number of ether oxygens (including phenoxy) is 1. The van der Waals surface area contributed by atoms with Crippen molar-refractivity contribution in [1.82, 2.24) is 4.57 Å². The largest absolute Gasteiger partial charge is 0.463 e. The third-order valence-electron chi connectivity index (χ3n) is 4.77. The summed E-state index contributed by atoms with van der Waals surface area (Å²) in [6, 6.07) is 16.8. The van der Waals surface area contributed by atoms with Crippen LogP contribution in [-0.2, 0) is 16.6 Å². The molecule has 0 spiro atoms. The van der Waals surface area contributed by atoms with Crippen molar-refractivity contribution in [2.45, 2.75) is 19.8 Å². The Labute approximate surface area is 169 Å². The molecule has 146 valence electrons. The fourth-order valence-corrected chi connectivity index (χ4v) is 3.21. The summed E-state index contributed by atoms with van der Waals surface area (Å²) in [6.07, 6.45) is 4.56. The van der Waals surface area contributed by atoms with Crippen molar-refractivity contribution in [3.8, 4) is 17.2 Å². The average Bonchev–Trinajstić information content (AvgIpc) is 2.75. The number of carbonyl (C=O) groups excluding carboxylic acids is 1. The molecule has 0 aliphatic carbocycles. The first-order valence-electron chi connectivity index (χ1n) is 9.54. The molecule has 0 atom stereocenters. The fourth-order valence-electron chi connectivity index (χ4n) is 3.21. The minimum absolute atomic E-state index is 0.208. The number of aryl methyl sites for hydroxylation is 1. The Kier molecular flexibility index (Phi) is 6.25. The molecule has 1 heterocycles. The Morgan fingerprint density at radius 2 is 1.90 bits per heavy atom. The summed E-state index contributed by atoms with van der Waals surface area (Å²) < 4.78 is 6.74.